The van der Waals surface area contributed by atoms with E-state index in [1.165, 1.54) is 0 Å². The van der Waals surface area contributed by atoms with Gasteiger partial charge in [-0.1, -0.05) is 45.0 Å². The maximum Gasteiger partial charge on any atom is 0.228 e. The Hall–Kier alpha value is -2.04. The van der Waals surface area contributed by atoms with Crippen molar-refractivity contribution >= 4 is 17.4 Å². The lowest BCUT2D eigenvalue weighted by molar-refractivity contribution is -0.118. The number of nitrogens with zero attached hydrogens (tertiary/aromatic N) is 1. The second kappa shape index (κ2) is 5.06. The highest BCUT2D eigenvalue weighted by Crippen LogP contribution is 2.68. The van der Waals surface area contributed by atoms with Gasteiger partial charge < -0.3 is 16.3 Å². The lowest BCUT2D eigenvalue weighted by atomic mass is 10.0. The van der Waals surface area contributed by atoms with Crippen molar-refractivity contribution < 1.29 is 10.0 Å². The largest absolute Gasteiger partial charge is 0.409 e. The van der Waals surface area contributed by atoms with Crippen LogP contribution < -0.4 is 11.1 Å². The summed E-state index contributed by atoms with van der Waals surface area (Å²) in [6, 6.07) is 7.38. The topological polar surface area (TPSA) is 87.7 Å². The summed E-state index contributed by atoms with van der Waals surface area (Å²) in [5, 5.41) is 14.4. The van der Waals surface area contributed by atoms with Crippen molar-refractivity contribution in [1.82, 2.24) is 0 Å². The predicted octanol–water partition coefficient (Wildman–Crippen LogP) is 2.60. The van der Waals surface area contributed by atoms with Gasteiger partial charge in [0.15, 0.2) is 0 Å². The van der Waals surface area contributed by atoms with Gasteiger partial charge in [0, 0.05) is 18.0 Å². The summed E-state index contributed by atoms with van der Waals surface area (Å²) in [7, 11) is 0. The van der Waals surface area contributed by atoms with Gasteiger partial charge in [-0.2, -0.15) is 0 Å². The Labute approximate surface area is 125 Å². The van der Waals surface area contributed by atoms with Gasteiger partial charge >= 0.3 is 0 Å². The molecule has 1 amide bonds. The average Bonchev–Trinajstić information content (AvgIpc) is 2.82. The van der Waals surface area contributed by atoms with Gasteiger partial charge in [-0.05, 0) is 28.5 Å². The zero-order valence-electron chi connectivity index (χ0n) is 13.0. The van der Waals surface area contributed by atoms with Crippen LogP contribution >= 0.6 is 0 Å². The highest BCUT2D eigenvalue weighted by molar-refractivity contribution is 5.96. The minimum absolute atomic E-state index is 0.0295. The third kappa shape index (κ3) is 2.73. The SMILES string of the molecule is CC1(C)C(C(=O)Nc2ccc(CC(N)=NO)cc2)C1(C)C. The summed E-state index contributed by atoms with van der Waals surface area (Å²) in [5.74, 6) is 0.254. The summed E-state index contributed by atoms with van der Waals surface area (Å²) in [4.78, 5) is 12.3. The quantitative estimate of drug-likeness (QED) is 0.344. The number of oxime groups is 1. The summed E-state index contributed by atoms with van der Waals surface area (Å²) in [6.07, 6.45) is 0.382. The van der Waals surface area contributed by atoms with E-state index in [1.54, 1.807) is 0 Å². The van der Waals surface area contributed by atoms with Crippen LogP contribution in [0.3, 0.4) is 0 Å². The summed E-state index contributed by atoms with van der Waals surface area (Å²) < 4.78 is 0. The zero-order chi connectivity index (χ0) is 15.8. The van der Waals surface area contributed by atoms with E-state index in [4.69, 9.17) is 10.9 Å². The highest BCUT2D eigenvalue weighted by atomic mass is 16.4. The van der Waals surface area contributed by atoms with Crippen LogP contribution in [-0.4, -0.2) is 17.0 Å². The molecule has 0 aliphatic heterocycles. The van der Waals surface area contributed by atoms with Gasteiger partial charge in [-0.25, -0.2) is 0 Å². The molecular formula is C16H23N3O2. The van der Waals surface area contributed by atoms with E-state index in [2.05, 4.69) is 38.2 Å². The molecule has 1 fully saturated rings. The fraction of sp³-hybridized carbons (Fsp3) is 0.500. The number of rotatable bonds is 4. The summed E-state index contributed by atoms with van der Waals surface area (Å²) in [5.41, 5.74) is 7.22. The van der Waals surface area contributed by atoms with Crippen LogP contribution in [0.1, 0.15) is 33.3 Å². The van der Waals surface area contributed by atoms with Gasteiger partial charge in [0.25, 0.3) is 0 Å². The molecule has 0 unspecified atom stereocenters. The first-order valence-electron chi connectivity index (χ1n) is 7.06. The van der Waals surface area contributed by atoms with Crippen molar-refractivity contribution in [2.24, 2.45) is 27.6 Å². The molecule has 4 N–H and O–H groups in total. The average molecular weight is 289 g/mol. The molecule has 0 aromatic heterocycles. The Morgan fingerprint density at radius 1 is 1.24 bits per heavy atom. The van der Waals surface area contributed by atoms with E-state index in [9.17, 15) is 4.79 Å². The van der Waals surface area contributed by atoms with Crippen molar-refractivity contribution in [3.05, 3.63) is 29.8 Å². The Kier molecular flexibility index (Phi) is 3.70. The number of nitrogens with two attached hydrogens (primary N) is 1. The van der Waals surface area contributed by atoms with Crippen molar-refractivity contribution in [3.63, 3.8) is 0 Å². The van der Waals surface area contributed by atoms with Crippen molar-refractivity contribution in [2.45, 2.75) is 34.1 Å². The van der Waals surface area contributed by atoms with Crippen molar-refractivity contribution in [1.29, 1.82) is 0 Å². The minimum Gasteiger partial charge on any atom is -0.409 e. The van der Waals surface area contributed by atoms with Crippen LogP contribution in [0.2, 0.25) is 0 Å². The van der Waals surface area contributed by atoms with Crippen molar-refractivity contribution in [2.75, 3.05) is 5.32 Å². The molecule has 0 spiro atoms. The molecule has 2 rings (SSSR count). The van der Waals surface area contributed by atoms with Gasteiger partial charge in [0.1, 0.15) is 5.84 Å². The molecule has 1 aliphatic rings. The molecule has 21 heavy (non-hydrogen) atoms. The minimum atomic E-state index is 0.0295. The molecule has 0 bridgehead atoms. The van der Waals surface area contributed by atoms with Gasteiger partial charge in [-0.15, -0.1) is 0 Å². The first-order valence-corrected chi connectivity index (χ1v) is 7.06. The van der Waals surface area contributed by atoms with Crippen LogP contribution in [0.4, 0.5) is 5.69 Å². The third-order valence-electron chi connectivity index (χ3n) is 5.02. The fourth-order valence-electron chi connectivity index (χ4n) is 3.02. The smallest absolute Gasteiger partial charge is 0.228 e. The molecule has 0 atom stereocenters. The first-order chi connectivity index (χ1) is 9.70. The Balaban J connectivity index is 2.00. The van der Waals surface area contributed by atoms with Crippen molar-refractivity contribution in [3.8, 4) is 0 Å². The first kappa shape index (κ1) is 15.4. The van der Waals surface area contributed by atoms with Crippen LogP contribution in [0.5, 0.6) is 0 Å². The molecular weight excluding hydrogens is 266 g/mol. The molecule has 1 aliphatic carbocycles. The van der Waals surface area contributed by atoms with Gasteiger partial charge in [-0.3, -0.25) is 4.79 Å². The number of carbonyl (C=O) groups is 1. The Bertz CT molecular complexity index is 560. The van der Waals surface area contributed by atoms with E-state index in [0.29, 0.717) is 6.42 Å². The molecule has 5 nitrogen and oxygen atoms in total. The number of carbonyl (C=O) groups excluding carboxylic acids is 1. The van der Waals surface area contributed by atoms with Gasteiger partial charge in [0.05, 0.1) is 0 Å². The number of hydrogen-bond acceptors (Lipinski definition) is 3. The monoisotopic (exact) mass is 289 g/mol. The number of benzene rings is 1. The Morgan fingerprint density at radius 3 is 2.19 bits per heavy atom. The van der Waals surface area contributed by atoms with E-state index < -0.39 is 0 Å². The fourth-order valence-corrected chi connectivity index (χ4v) is 3.02. The molecule has 114 valence electrons. The Morgan fingerprint density at radius 2 is 1.76 bits per heavy atom. The molecule has 0 heterocycles. The number of amides is 1. The van der Waals surface area contributed by atoms with E-state index in [1.807, 2.05) is 24.3 Å². The summed E-state index contributed by atoms with van der Waals surface area (Å²) in [6.45, 7) is 8.49. The second-order valence-corrected chi connectivity index (χ2v) is 6.83. The van der Waals surface area contributed by atoms with E-state index in [-0.39, 0.29) is 28.5 Å². The number of amidine groups is 1. The lowest BCUT2D eigenvalue weighted by Gasteiger charge is -2.07. The van der Waals surface area contributed by atoms with Crippen LogP contribution in [0.15, 0.2) is 29.4 Å². The van der Waals surface area contributed by atoms with Crippen LogP contribution in [0.25, 0.3) is 0 Å². The van der Waals surface area contributed by atoms with E-state index >= 15 is 0 Å². The number of nitrogens with one attached hydrogen (secondary N) is 1. The molecule has 0 saturated heterocycles. The molecule has 0 radical (unpaired) electrons. The molecule has 1 aromatic carbocycles. The summed E-state index contributed by atoms with van der Waals surface area (Å²) >= 11 is 0. The number of anilines is 1. The lowest BCUT2D eigenvalue weighted by Crippen LogP contribution is -2.18. The normalized spacial score (nSPS) is 20.1. The second-order valence-electron chi connectivity index (χ2n) is 6.83. The third-order valence-corrected chi connectivity index (χ3v) is 5.02. The van der Waals surface area contributed by atoms with Crippen LogP contribution in [0, 0.1) is 16.7 Å². The number of hydrogen-bond donors (Lipinski definition) is 3. The highest BCUT2D eigenvalue weighted by Gasteiger charge is 2.68. The van der Waals surface area contributed by atoms with E-state index in [0.717, 1.165) is 11.3 Å². The maximum atomic E-state index is 12.3. The van der Waals surface area contributed by atoms with Gasteiger partial charge in [0.2, 0.25) is 5.91 Å². The standard InChI is InChI=1S/C16H23N3O2/c1-15(2)13(16(15,3)4)14(20)18-11-7-5-10(6-8-11)9-12(17)19-21/h5-8,13,21H,9H2,1-4H3,(H2,17,19)(H,18,20). The predicted molar refractivity (Wildman–Crippen MR) is 83.2 cm³/mol. The molecule has 5 heteroatoms. The maximum absolute atomic E-state index is 12.3. The van der Waals surface area contributed by atoms with Crippen LogP contribution in [-0.2, 0) is 11.2 Å². The zero-order valence-corrected chi connectivity index (χ0v) is 13.0. The molecule has 1 aromatic rings. The molecule has 1 saturated carbocycles.